The van der Waals surface area contributed by atoms with E-state index in [1.807, 2.05) is 31.2 Å². The van der Waals surface area contributed by atoms with Crippen LogP contribution in [-0.2, 0) is 11.2 Å². The minimum atomic E-state index is -0.601. The summed E-state index contributed by atoms with van der Waals surface area (Å²) in [6.07, 6.45) is 0.114. The molecular weight excluding hydrogens is 286 g/mol. The predicted octanol–water partition coefficient (Wildman–Crippen LogP) is 2.49. The zero-order chi connectivity index (χ0) is 16.1. The molecule has 0 spiro atoms. The average Bonchev–Trinajstić information content (AvgIpc) is 2.49. The molecule has 0 saturated heterocycles. The molecule has 0 bridgehead atoms. The molecule has 1 heterocycles. The third-order valence-corrected chi connectivity index (χ3v) is 3.12. The first-order valence-corrected chi connectivity index (χ1v) is 6.55. The van der Waals surface area contributed by atoms with Gasteiger partial charge >= 0.3 is 5.69 Å². The lowest BCUT2D eigenvalue weighted by atomic mass is 10.1. The molecule has 1 aromatic heterocycles. The molecule has 1 aromatic carbocycles. The van der Waals surface area contributed by atoms with E-state index in [0.29, 0.717) is 0 Å². The number of ether oxygens (including phenoxy) is 1. The Morgan fingerprint density at radius 2 is 2.05 bits per heavy atom. The van der Waals surface area contributed by atoms with E-state index < -0.39 is 4.92 Å². The molecule has 1 N–H and O–H groups in total. The van der Waals surface area contributed by atoms with Crippen molar-refractivity contribution >= 4 is 17.4 Å². The van der Waals surface area contributed by atoms with Crippen molar-refractivity contribution in [2.45, 2.75) is 13.3 Å². The molecule has 0 unspecified atom stereocenters. The van der Waals surface area contributed by atoms with Gasteiger partial charge in [0.2, 0.25) is 17.6 Å². The number of methoxy groups -OCH3 is 1. The molecule has 1 amide bonds. The van der Waals surface area contributed by atoms with Crippen LogP contribution in [-0.4, -0.2) is 22.9 Å². The number of amides is 1. The van der Waals surface area contributed by atoms with Crippen molar-refractivity contribution in [2.75, 3.05) is 12.4 Å². The van der Waals surface area contributed by atoms with Crippen molar-refractivity contribution in [3.05, 3.63) is 57.6 Å². The van der Waals surface area contributed by atoms with Crippen molar-refractivity contribution in [2.24, 2.45) is 0 Å². The van der Waals surface area contributed by atoms with E-state index in [4.69, 9.17) is 4.74 Å². The highest BCUT2D eigenvalue weighted by atomic mass is 16.6. The molecular formula is C15H15N3O4. The minimum absolute atomic E-state index is 0.114. The maximum atomic E-state index is 12.1. The molecule has 7 nitrogen and oxygen atoms in total. The molecule has 0 aliphatic heterocycles. The number of pyridine rings is 1. The molecule has 0 radical (unpaired) electrons. The summed E-state index contributed by atoms with van der Waals surface area (Å²) in [5.41, 5.74) is 1.55. The summed E-state index contributed by atoms with van der Waals surface area (Å²) >= 11 is 0. The Hall–Kier alpha value is -2.96. The van der Waals surface area contributed by atoms with Gasteiger partial charge in [0.1, 0.15) is 0 Å². The normalized spacial score (nSPS) is 10.1. The second kappa shape index (κ2) is 6.66. The van der Waals surface area contributed by atoms with Crippen LogP contribution in [0, 0.1) is 17.0 Å². The van der Waals surface area contributed by atoms with E-state index in [1.54, 1.807) is 0 Å². The average molecular weight is 301 g/mol. The number of nitro groups is 1. The maximum Gasteiger partial charge on any atom is 0.312 e. The smallest absolute Gasteiger partial charge is 0.312 e. The number of hydrogen-bond acceptors (Lipinski definition) is 5. The summed E-state index contributed by atoms with van der Waals surface area (Å²) in [5.74, 6) is -0.308. The number of hydrogen-bond donors (Lipinski definition) is 1. The van der Waals surface area contributed by atoms with Crippen LogP contribution < -0.4 is 10.1 Å². The molecule has 0 fully saturated rings. The van der Waals surface area contributed by atoms with Crippen LogP contribution in [0.2, 0.25) is 0 Å². The van der Waals surface area contributed by atoms with E-state index in [-0.39, 0.29) is 29.7 Å². The van der Waals surface area contributed by atoms with Crippen molar-refractivity contribution < 1.29 is 14.5 Å². The first-order chi connectivity index (χ1) is 10.5. The van der Waals surface area contributed by atoms with Crippen LogP contribution in [0.5, 0.6) is 5.88 Å². The van der Waals surface area contributed by atoms with Gasteiger partial charge in [-0.15, -0.1) is 0 Å². The Labute approximate surface area is 127 Å². The summed E-state index contributed by atoms with van der Waals surface area (Å²) in [4.78, 5) is 26.4. The Bertz CT molecular complexity index is 716. The standard InChI is InChI=1S/C15H15N3O4/c1-10-5-3-4-6-11(10)9-13(19)16-15-12(18(20)21)7-8-14(17-15)22-2/h3-8H,9H2,1-2H3,(H,16,17,19). The Balaban J connectivity index is 2.20. The molecule has 0 aliphatic rings. The summed E-state index contributed by atoms with van der Waals surface area (Å²) in [6.45, 7) is 1.90. The van der Waals surface area contributed by atoms with Crippen molar-refractivity contribution in [3.63, 3.8) is 0 Å². The Morgan fingerprint density at radius 3 is 2.68 bits per heavy atom. The maximum absolute atomic E-state index is 12.1. The Kier molecular flexibility index (Phi) is 4.67. The predicted molar refractivity (Wildman–Crippen MR) is 81.0 cm³/mol. The van der Waals surface area contributed by atoms with Gasteiger partial charge in [-0.3, -0.25) is 14.9 Å². The van der Waals surface area contributed by atoms with Crippen LogP contribution in [0.4, 0.5) is 11.5 Å². The van der Waals surface area contributed by atoms with E-state index in [0.717, 1.165) is 11.1 Å². The van der Waals surface area contributed by atoms with Gasteiger partial charge in [-0.25, -0.2) is 0 Å². The Morgan fingerprint density at radius 1 is 1.32 bits per heavy atom. The lowest BCUT2D eigenvalue weighted by Gasteiger charge is -2.08. The van der Waals surface area contributed by atoms with Gasteiger partial charge in [0.25, 0.3) is 0 Å². The lowest BCUT2D eigenvalue weighted by molar-refractivity contribution is -0.384. The van der Waals surface area contributed by atoms with Crippen LogP contribution in [0.25, 0.3) is 0 Å². The van der Waals surface area contributed by atoms with Crippen LogP contribution in [0.3, 0.4) is 0 Å². The lowest BCUT2D eigenvalue weighted by Crippen LogP contribution is -2.17. The summed E-state index contributed by atoms with van der Waals surface area (Å²) in [6, 6.07) is 10.1. The van der Waals surface area contributed by atoms with Crippen LogP contribution >= 0.6 is 0 Å². The molecule has 7 heteroatoms. The second-order valence-corrected chi connectivity index (χ2v) is 4.63. The number of aryl methyl sites for hydroxylation is 1. The molecule has 0 aliphatic carbocycles. The molecule has 2 rings (SSSR count). The highest BCUT2D eigenvalue weighted by molar-refractivity contribution is 5.93. The zero-order valence-electron chi connectivity index (χ0n) is 12.2. The number of aromatic nitrogens is 1. The van der Waals surface area contributed by atoms with Crippen molar-refractivity contribution in [1.29, 1.82) is 0 Å². The third kappa shape index (κ3) is 3.57. The molecule has 114 valence electrons. The topological polar surface area (TPSA) is 94.4 Å². The second-order valence-electron chi connectivity index (χ2n) is 4.63. The van der Waals surface area contributed by atoms with E-state index in [9.17, 15) is 14.9 Å². The van der Waals surface area contributed by atoms with Crippen LogP contribution in [0.1, 0.15) is 11.1 Å². The third-order valence-electron chi connectivity index (χ3n) is 3.12. The molecule has 2 aromatic rings. The molecule has 0 saturated carbocycles. The number of nitrogens with zero attached hydrogens (tertiary/aromatic N) is 2. The van der Waals surface area contributed by atoms with Gasteiger partial charge in [0, 0.05) is 12.1 Å². The number of anilines is 1. The van der Waals surface area contributed by atoms with Crippen LogP contribution in [0.15, 0.2) is 36.4 Å². The van der Waals surface area contributed by atoms with Gasteiger partial charge in [0.15, 0.2) is 0 Å². The van der Waals surface area contributed by atoms with Crippen molar-refractivity contribution in [1.82, 2.24) is 4.98 Å². The highest BCUT2D eigenvalue weighted by Gasteiger charge is 2.19. The van der Waals surface area contributed by atoms with Crippen molar-refractivity contribution in [3.8, 4) is 5.88 Å². The summed E-state index contributed by atoms with van der Waals surface area (Å²) < 4.78 is 4.92. The monoisotopic (exact) mass is 301 g/mol. The van der Waals surface area contributed by atoms with E-state index in [2.05, 4.69) is 10.3 Å². The molecule has 22 heavy (non-hydrogen) atoms. The fourth-order valence-electron chi connectivity index (χ4n) is 1.94. The van der Waals surface area contributed by atoms with Gasteiger partial charge < -0.3 is 10.1 Å². The number of benzene rings is 1. The minimum Gasteiger partial charge on any atom is -0.481 e. The summed E-state index contributed by atoms with van der Waals surface area (Å²) in [5, 5.41) is 13.5. The van der Waals surface area contributed by atoms with Gasteiger partial charge in [-0.2, -0.15) is 4.98 Å². The number of carbonyl (C=O) groups is 1. The first-order valence-electron chi connectivity index (χ1n) is 6.55. The summed E-state index contributed by atoms with van der Waals surface area (Å²) in [7, 11) is 1.40. The highest BCUT2D eigenvalue weighted by Crippen LogP contribution is 2.25. The van der Waals surface area contributed by atoms with Gasteiger partial charge in [-0.05, 0) is 18.1 Å². The quantitative estimate of drug-likeness (QED) is 0.676. The SMILES string of the molecule is COc1ccc([N+](=O)[O-])c(NC(=O)Cc2ccccc2C)n1. The fourth-order valence-corrected chi connectivity index (χ4v) is 1.94. The van der Waals surface area contributed by atoms with E-state index >= 15 is 0 Å². The fraction of sp³-hybridized carbons (Fsp3) is 0.200. The molecule has 0 atom stereocenters. The van der Waals surface area contributed by atoms with Gasteiger partial charge in [-0.1, -0.05) is 24.3 Å². The first kappa shape index (κ1) is 15.4. The van der Waals surface area contributed by atoms with Gasteiger partial charge in [0.05, 0.1) is 18.5 Å². The zero-order valence-corrected chi connectivity index (χ0v) is 12.2. The number of carbonyl (C=O) groups excluding carboxylic acids is 1. The largest absolute Gasteiger partial charge is 0.481 e. The number of rotatable bonds is 5. The van der Waals surface area contributed by atoms with E-state index in [1.165, 1.54) is 19.2 Å². The number of nitrogens with one attached hydrogen (secondary N) is 1.